The summed E-state index contributed by atoms with van der Waals surface area (Å²) >= 11 is 0. The number of aliphatic carboxylic acids is 1. The first-order chi connectivity index (χ1) is 8.49. The molecule has 0 bridgehead atoms. The third-order valence-corrected chi connectivity index (χ3v) is 1.94. The monoisotopic (exact) mass is 253 g/mol. The Hall–Kier alpha value is -2.64. The number of nitro groups is 1. The molecule has 0 radical (unpaired) electrons. The van der Waals surface area contributed by atoms with Crippen molar-refractivity contribution in [2.75, 3.05) is 11.9 Å². The molecular formula is C10H11N3O5. The van der Waals surface area contributed by atoms with E-state index >= 15 is 0 Å². The summed E-state index contributed by atoms with van der Waals surface area (Å²) < 4.78 is 0. The SMILES string of the molecule is O=C(O)CCNC(=O)Nc1cccc([N+](=O)[O-])c1. The lowest BCUT2D eigenvalue weighted by molar-refractivity contribution is -0.384. The van der Waals surface area contributed by atoms with Crippen molar-refractivity contribution >= 4 is 23.4 Å². The van der Waals surface area contributed by atoms with E-state index < -0.39 is 16.9 Å². The Labute approximate surface area is 102 Å². The molecule has 0 heterocycles. The normalized spacial score (nSPS) is 9.56. The van der Waals surface area contributed by atoms with Gasteiger partial charge in [0.15, 0.2) is 0 Å². The number of carbonyl (C=O) groups is 2. The van der Waals surface area contributed by atoms with E-state index in [4.69, 9.17) is 5.11 Å². The molecular weight excluding hydrogens is 242 g/mol. The molecule has 1 aromatic rings. The number of non-ortho nitro benzene ring substituents is 1. The van der Waals surface area contributed by atoms with E-state index in [0.717, 1.165) is 0 Å². The lowest BCUT2D eigenvalue weighted by atomic mass is 10.3. The highest BCUT2D eigenvalue weighted by atomic mass is 16.6. The molecule has 0 spiro atoms. The zero-order valence-electron chi connectivity index (χ0n) is 9.25. The molecule has 0 saturated heterocycles. The molecule has 8 nitrogen and oxygen atoms in total. The van der Waals surface area contributed by atoms with Crippen molar-refractivity contribution in [2.24, 2.45) is 0 Å². The Balaban J connectivity index is 2.51. The fraction of sp³-hybridized carbons (Fsp3) is 0.200. The number of nitro benzene ring substituents is 1. The summed E-state index contributed by atoms with van der Waals surface area (Å²) in [4.78, 5) is 31.4. The lowest BCUT2D eigenvalue weighted by Crippen LogP contribution is -2.30. The second-order valence-electron chi connectivity index (χ2n) is 3.33. The number of carboxylic acids is 1. The van der Waals surface area contributed by atoms with Crippen LogP contribution >= 0.6 is 0 Å². The van der Waals surface area contributed by atoms with Crippen molar-refractivity contribution in [3.63, 3.8) is 0 Å². The molecule has 0 fully saturated rings. The van der Waals surface area contributed by atoms with Gasteiger partial charge in [-0.25, -0.2) is 4.79 Å². The third-order valence-electron chi connectivity index (χ3n) is 1.94. The van der Waals surface area contributed by atoms with Crippen molar-refractivity contribution < 1.29 is 19.6 Å². The van der Waals surface area contributed by atoms with E-state index in [-0.39, 0.29) is 24.3 Å². The van der Waals surface area contributed by atoms with Crippen molar-refractivity contribution in [2.45, 2.75) is 6.42 Å². The molecule has 1 aromatic carbocycles. The topological polar surface area (TPSA) is 122 Å². The van der Waals surface area contributed by atoms with Gasteiger partial charge in [-0.1, -0.05) is 6.07 Å². The van der Waals surface area contributed by atoms with Gasteiger partial charge in [0, 0.05) is 24.4 Å². The molecule has 0 aliphatic rings. The third kappa shape index (κ3) is 4.47. The van der Waals surface area contributed by atoms with Crippen molar-refractivity contribution in [1.82, 2.24) is 5.32 Å². The minimum Gasteiger partial charge on any atom is -0.481 e. The number of hydrogen-bond acceptors (Lipinski definition) is 4. The molecule has 1 rings (SSSR count). The molecule has 96 valence electrons. The summed E-state index contributed by atoms with van der Waals surface area (Å²) in [5, 5.41) is 23.5. The average molecular weight is 253 g/mol. The number of rotatable bonds is 5. The highest BCUT2D eigenvalue weighted by Crippen LogP contribution is 2.16. The van der Waals surface area contributed by atoms with E-state index in [1.54, 1.807) is 0 Å². The molecule has 18 heavy (non-hydrogen) atoms. The maximum absolute atomic E-state index is 11.3. The van der Waals surface area contributed by atoms with Gasteiger partial charge < -0.3 is 15.7 Å². The summed E-state index contributed by atoms with van der Waals surface area (Å²) in [6.45, 7) is -0.0178. The Morgan fingerprint density at radius 2 is 2.11 bits per heavy atom. The van der Waals surface area contributed by atoms with Crippen molar-refractivity contribution in [3.8, 4) is 0 Å². The molecule has 0 aliphatic heterocycles. The van der Waals surface area contributed by atoms with Crippen LogP contribution in [0.4, 0.5) is 16.2 Å². The Bertz CT molecular complexity index is 474. The predicted molar refractivity (Wildman–Crippen MR) is 62.4 cm³/mol. The van der Waals surface area contributed by atoms with Crippen LogP contribution in [-0.2, 0) is 4.79 Å². The second kappa shape index (κ2) is 6.18. The zero-order chi connectivity index (χ0) is 13.5. The number of carbonyl (C=O) groups excluding carboxylic acids is 1. The Morgan fingerprint density at radius 1 is 1.39 bits per heavy atom. The molecule has 3 N–H and O–H groups in total. The maximum atomic E-state index is 11.3. The number of nitrogens with one attached hydrogen (secondary N) is 2. The van der Waals surface area contributed by atoms with E-state index in [1.165, 1.54) is 24.3 Å². The fourth-order valence-corrected chi connectivity index (χ4v) is 1.16. The molecule has 0 aromatic heterocycles. The molecule has 0 atom stereocenters. The van der Waals surface area contributed by atoms with Gasteiger partial charge in [0.25, 0.3) is 5.69 Å². The van der Waals surface area contributed by atoms with Crippen LogP contribution in [0.15, 0.2) is 24.3 Å². The van der Waals surface area contributed by atoms with Gasteiger partial charge in [-0.2, -0.15) is 0 Å². The highest BCUT2D eigenvalue weighted by Gasteiger charge is 2.07. The minimum atomic E-state index is -1.02. The molecule has 0 saturated carbocycles. The van der Waals surface area contributed by atoms with Gasteiger partial charge in [-0.05, 0) is 6.07 Å². The average Bonchev–Trinajstić information content (AvgIpc) is 2.28. The molecule has 0 aliphatic carbocycles. The van der Waals surface area contributed by atoms with Crippen LogP contribution in [0.3, 0.4) is 0 Å². The predicted octanol–water partition coefficient (Wildman–Crippen LogP) is 1.19. The fourth-order valence-electron chi connectivity index (χ4n) is 1.16. The lowest BCUT2D eigenvalue weighted by Gasteiger charge is -2.06. The summed E-state index contributed by atoms with van der Waals surface area (Å²) in [5.41, 5.74) is 0.121. The van der Waals surface area contributed by atoms with Crippen LogP contribution in [0.25, 0.3) is 0 Å². The first-order valence-corrected chi connectivity index (χ1v) is 5.00. The quantitative estimate of drug-likeness (QED) is 0.537. The van der Waals surface area contributed by atoms with Gasteiger partial charge in [0.2, 0.25) is 0 Å². The molecule has 8 heteroatoms. The summed E-state index contributed by atoms with van der Waals surface area (Å²) in [5.74, 6) is -1.02. The zero-order valence-corrected chi connectivity index (χ0v) is 9.25. The number of carboxylic acid groups (broad SMARTS) is 1. The van der Waals surface area contributed by atoms with Crippen LogP contribution < -0.4 is 10.6 Å². The summed E-state index contributed by atoms with van der Waals surface area (Å²) in [7, 11) is 0. The van der Waals surface area contributed by atoms with Crippen molar-refractivity contribution in [3.05, 3.63) is 34.4 Å². The van der Waals surface area contributed by atoms with Crippen LogP contribution in [0.1, 0.15) is 6.42 Å². The van der Waals surface area contributed by atoms with E-state index in [0.29, 0.717) is 0 Å². The Morgan fingerprint density at radius 3 is 2.72 bits per heavy atom. The number of nitrogens with zero attached hydrogens (tertiary/aromatic N) is 1. The smallest absolute Gasteiger partial charge is 0.319 e. The molecule has 0 unspecified atom stereocenters. The number of benzene rings is 1. The number of amides is 2. The largest absolute Gasteiger partial charge is 0.481 e. The first kappa shape index (κ1) is 13.4. The van der Waals surface area contributed by atoms with E-state index in [9.17, 15) is 19.7 Å². The minimum absolute atomic E-state index is 0.0178. The maximum Gasteiger partial charge on any atom is 0.319 e. The Kier molecular flexibility index (Phi) is 4.61. The van der Waals surface area contributed by atoms with Crippen molar-refractivity contribution in [1.29, 1.82) is 0 Å². The first-order valence-electron chi connectivity index (χ1n) is 5.00. The van der Waals surface area contributed by atoms with Gasteiger partial charge in [-0.3, -0.25) is 14.9 Å². The van der Waals surface area contributed by atoms with Gasteiger partial charge in [0.1, 0.15) is 0 Å². The number of anilines is 1. The van der Waals surface area contributed by atoms with Gasteiger partial charge in [0.05, 0.1) is 11.3 Å². The van der Waals surface area contributed by atoms with Crippen LogP contribution in [0.5, 0.6) is 0 Å². The standard InChI is InChI=1S/C10H11N3O5/c14-9(15)4-5-11-10(16)12-7-2-1-3-8(6-7)13(17)18/h1-3,6H,4-5H2,(H,14,15)(H2,11,12,16). The van der Waals surface area contributed by atoms with Crippen LogP contribution in [-0.4, -0.2) is 28.6 Å². The highest BCUT2D eigenvalue weighted by molar-refractivity contribution is 5.89. The molecule has 2 amide bonds. The number of urea groups is 1. The van der Waals surface area contributed by atoms with Crippen LogP contribution in [0, 0.1) is 10.1 Å². The summed E-state index contributed by atoms with van der Waals surface area (Å²) in [6.07, 6.45) is -0.192. The number of hydrogen-bond donors (Lipinski definition) is 3. The second-order valence-corrected chi connectivity index (χ2v) is 3.33. The van der Waals surface area contributed by atoms with Crippen LogP contribution in [0.2, 0.25) is 0 Å². The summed E-state index contributed by atoms with van der Waals surface area (Å²) in [6, 6.07) is 4.82. The van der Waals surface area contributed by atoms with E-state index in [1.807, 2.05) is 0 Å². The van der Waals surface area contributed by atoms with E-state index in [2.05, 4.69) is 10.6 Å². The van der Waals surface area contributed by atoms with Gasteiger partial charge in [-0.15, -0.1) is 0 Å². The van der Waals surface area contributed by atoms with Gasteiger partial charge >= 0.3 is 12.0 Å².